The molecular weight excluding hydrogens is 1040 g/mol. The number of carbonyl (C=O) groups excluding carboxylic acids is 2. The molecule has 434 valence electrons. The van der Waals surface area contributed by atoms with Gasteiger partial charge in [-0.2, -0.15) is 0 Å². The van der Waals surface area contributed by atoms with Crippen LogP contribution >= 0.6 is 0 Å². The van der Waals surface area contributed by atoms with Gasteiger partial charge in [0, 0.05) is 19.4 Å². The molecule has 11 atom stereocenters. The van der Waals surface area contributed by atoms with Gasteiger partial charge in [-0.05, 0) is 53.6 Å². The van der Waals surface area contributed by atoms with Crippen molar-refractivity contribution in [1.82, 2.24) is 0 Å². The van der Waals surface area contributed by atoms with Crippen molar-refractivity contribution >= 4 is 11.9 Å². The molecule has 8 rings (SSSR count). The molecular formula is C68H78O14. The van der Waals surface area contributed by atoms with Crippen molar-refractivity contribution in [3.05, 3.63) is 241 Å². The molecule has 2 saturated heterocycles. The van der Waals surface area contributed by atoms with E-state index in [1.54, 1.807) is 26.0 Å². The summed E-state index contributed by atoms with van der Waals surface area (Å²) in [5, 5.41) is 0. The van der Waals surface area contributed by atoms with Crippen LogP contribution in [0.5, 0.6) is 0 Å². The molecule has 0 spiro atoms. The van der Waals surface area contributed by atoms with Gasteiger partial charge in [0.1, 0.15) is 30.5 Å². The number of ether oxygens (including phenoxy) is 12. The number of methoxy groups -OCH3 is 1. The first kappa shape index (κ1) is 61.4. The van der Waals surface area contributed by atoms with E-state index < -0.39 is 84.9 Å². The van der Waals surface area contributed by atoms with E-state index in [4.69, 9.17) is 56.8 Å². The van der Waals surface area contributed by atoms with Gasteiger partial charge < -0.3 is 56.8 Å². The van der Waals surface area contributed by atoms with Gasteiger partial charge >= 0.3 is 11.9 Å². The highest BCUT2D eigenvalue weighted by molar-refractivity contribution is 5.70. The highest BCUT2D eigenvalue weighted by Gasteiger charge is 2.56. The largest absolute Gasteiger partial charge is 0.457 e. The Labute approximate surface area is 483 Å². The van der Waals surface area contributed by atoms with Crippen molar-refractivity contribution in [2.24, 2.45) is 5.92 Å². The lowest BCUT2D eigenvalue weighted by Gasteiger charge is -2.41. The van der Waals surface area contributed by atoms with Crippen molar-refractivity contribution in [1.29, 1.82) is 0 Å². The number of carbonyl (C=O) groups is 2. The molecule has 2 fully saturated rings. The molecule has 6 aromatic rings. The number of esters is 2. The zero-order valence-corrected chi connectivity index (χ0v) is 47.2. The second-order valence-corrected chi connectivity index (χ2v) is 20.8. The monoisotopic (exact) mass is 1120 g/mol. The lowest BCUT2D eigenvalue weighted by Crippen LogP contribution is -2.54. The van der Waals surface area contributed by atoms with Crippen LogP contribution in [0.25, 0.3) is 0 Å². The van der Waals surface area contributed by atoms with Crippen molar-refractivity contribution in [2.75, 3.05) is 20.3 Å². The Morgan fingerprint density at radius 2 is 0.854 bits per heavy atom. The summed E-state index contributed by atoms with van der Waals surface area (Å²) in [6.45, 7) is 13.3. The third-order valence-corrected chi connectivity index (χ3v) is 14.2. The smallest absolute Gasteiger partial charge is 0.306 e. The molecule has 0 N–H and O–H groups in total. The van der Waals surface area contributed by atoms with Gasteiger partial charge in [0.2, 0.25) is 0 Å². The molecule has 2 aliphatic rings. The Hall–Kier alpha value is -6.66. The van der Waals surface area contributed by atoms with E-state index in [1.807, 2.05) is 182 Å². The van der Waals surface area contributed by atoms with Gasteiger partial charge in [-0.3, -0.25) is 9.59 Å². The second kappa shape index (κ2) is 32.3. The van der Waals surface area contributed by atoms with Gasteiger partial charge in [0.25, 0.3) is 0 Å². The average Bonchev–Trinajstić information content (AvgIpc) is 3.88. The van der Waals surface area contributed by atoms with Crippen molar-refractivity contribution in [2.45, 2.75) is 140 Å². The number of benzene rings is 6. The van der Waals surface area contributed by atoms with Crippen molar-refractivity contribution < 1.29 is 66.4 Å². The minimum atomic E-state index is -1.08. The fourth-order valence-corrected chi connectivity index (χ4v) is 10.1. The molecule has 0 saturated carbocycles. The van der Waals surface area contributed by atoms with Crippen LogP contribution in [-0.4, -0.2) is 99.3 Å². The summed E-state index contributed by atoms with van der Waals surface area (Å²) >= 11 is 0. The molecule has 2 heterocycles. The first-order valence-corrected chi connectivity index (χ1v) is 28.1. The van der Waals surface area contributed by atoms with Crippen LogP contribution in [0.1, 0.15) is 66.5 Å². The van der Waals surface area contributed by atoms with Crippen LogP contribution < -0.4 is 0 Å². The second-order valence-electron chi connectivity index (χ2n) is 20.8. The Morgan fingerprint density at radius 3 is 1.23 bits per heavy atom. The zero-order valence-electron chi connectivity index (χ0n) is 47.2. The maximum atomic E-state index is 14.7. The molecule has 0 radical (unpaired) electrons. The van der Waals surface area contributed by atoms with Gasteiger partial charge in [-0.1, -0.05) is 194 Å². The summed E-state index contributed by atoms with van der Waals surface area (Å²) in [6, 6.07) is 58.6. The van der Waals surface area contributed by atoms with E-state index in [1.165, 1.54) is 7.11 Å². The van der Waals surface area contributed by atoms with Crippen LogP contribution in [0.15, 0.2) is 207 Å². The van der Waals surface area contributed by atoms with Crippen LogP contribution in [0.3, 0.4) is 0 Å². The van der Waals surface area contributed by atoms with E-state index in [9.17, 15) is 9.59 Å². The normalized spacial score (nSPS) is 20.5. The quantitative estimate of drug-likeness (QED) is 0.0279. The number of rotatable bonds is 34. The molecule has 14 heteroatoms. The molecule has 14 nitrogen and oxygen atoms in total. The number of fused-ring (bicyclic) bond motifs is 1. The van der Waals surface area contributed by atoms with Crippen LogP contribution in [-0.2, 0) is 106 Å². The predicted octanol–water partition coefficient (Wildman–Crippen LogP) is 11.6. The summed E-state index contributed by atoms with van der Waals surface area (Å²) in [4.78, 5) is 29.0. The first-order valence-electron chi connectivity index (χ1n) is 28.1. The maximum absolute atomic E-state index is 14.7. The Morgan fingerprint density at radius 1 is 0.500 bits per heavy atom. The molecule has 0 bridgehead atoms. The van der Waals surface area contributed by atoms with Crippen LogP contribution in [0.4, 0.5) is 0 Å². The maximum Gasteiger partial charge on any atom is 0.306 e. The van der Waals surface area contributed by atoms with Gasteiger partial charge in [0.05, 0.1) is 71.5 Å². The van der Waals surface area contributed by atoms with E-state index >= 15 is 0 Å². The molecule has 2 aliphatic heterocycles. The summed E-state index contributed by atoms with van der Waals surface area (Å²) in [5.74, 6) is -2.89. The van der Waals surface area contributed by atoms with Crippen molar-refractivity contribution in [3.8, 4) is 0 Å². The predicted molar refractivity (Wildman–Crippen MR) is 309 cm³/mol. The SMILES string of the molecule is C=CC(OCc1ccccc1)[C@H](OCc1ccccc1)C(COCc1ccccc1)OC(=O)CCC1O[C@@H](OC)C(CC(=O)OC(COCc2ccccc2)[C@@H](OCc2ccccc2)C(C=C)OCc2ccccc2)C2OC(C)(C)O[C@@H]12. The van der Waals surface area contributed by atoms with E-state index in [0.717, 1.165) is 33.4 Å². The minimum Gasteiger partial charge on any atom is -0.457 e. The molecule has 0 aromatic heterocycles. The highest BCUT2D eigenvalue weighted by Crippen LogP contribution is 2.43. The molecule has 82 heavy (non-hydrogen) atoms. The third-order valence-electron chi connectivity index (χ3n) is 14.2. The Bertz CT molecular complexity index is 2790. The number of hydrogen-bond acceptors (Lipinski definition) is 14. The first-order chi connectivity index (χ1) is 40.1. The van der Waals surface area contributed by atoms with E-state index in [0.29, 0.717) is 0 Å². The Kier molecular flexibility index (Phi) is 24.2. The summed E-state index contributed by atoms with van der Waals surface area (Å²) in [6.07, 6.45) is -4.89. The van der Waals surface area contributed by atoms with Crippen molar-refractivity contribution in [3.63, 3.8) is 0 Å². The molecule has 7 unspecified atom stereocenters. The van der Waals surface area contributed by atoms with Crippen LogP contribution in [0, 0.1) is 5.92 Å². The summed E-state index contributed by atoms with van der Waals surface area (Å²) < 4.78 is 77.5. The number of hydrogen-bond donors (Lipinski definition) is 0. The zero-order chi connectivity index (χ0) is 57.4. The van der Waals surface area contributed by atoms with Gasteiger partial charge in [-0.25, -0.2) is 0 Å². The third kappa shape index (κ3) is 18.9. The van der Waals surface area contributed by atoms with Gasteiger partial charge in [0.15, 0.2) is 24.3 Å². The Balaban J connectivity index is 0.982. The molecule has 6 aromatic carbocycles. The molecule has 0 amide bonds. The topological polar surface area (TPSA) is 145 Å². The standard InChI is InChI=1S/C68H78O14/c1-6-56(74-43-51-30-18-10-19-31-51)64(76-45-53-34-22-12-23-35-53)59(47-72-41-49-26-14-8-15-27-49)78-61(69)39-38-58-66-63(81-68(3,4)82-66)55(67(71-5)80-58)40-62(70)79-60(48-73-42-50-28-16-9-17-29-50)65(77-46-54-36-24-13-25-37-54)57(7-2)75-44-52-32-20-11-21-33-52/h6-37,55-60,63-67H,1-2,38-48H2,3-5H3/t55?,56?,57?,58?,59?,60?,63?,64-,65-,66-,67+/m0/s1. The fourth-order valence-electron chi connectivity index (χ4n) is 10.1. The van der Waals surface area contributed by atoms with Crippen LogP contribution in [0.2, 0.25) is 0 Å². The van der Waals surface area contributed by atoms with E-state index in [-0.39, 0.29) is 72.1 Å². The minimum absolute atomic E-state index is 0.00666. The highest BCUT2D eigenvalue weighted by atomic mass is 16.8. The average molecular weight is 1120 g/mol. The summed E-state index contributed by atoms with van der Waals surface area (Å²) in [7, 11) is 1.51. The lowest BCUT2D eigenvalue weighted by atomic mass is 9.87. The van der Waals surface area contributed by atoms with E-state index in [2.05, 4.69) is 13.2 Å². The van der Waals surface area contributed by atoms with Gasteiger partial charge in [-0.15, -0.1) is 13.2 Å². The lowest BCUT2D eigenvalue weighted by molar-refractivity contribution is -0.255. The fraction of sp³-hybridized carbons (Fsp3) is 0.382. The summed E-state index contributed by atoms with van der Waals surface area (Å²) in [5.41, 5.74) is 5.65. The molecule has 0 aliphatic carbocycles.